The predicted molar refractivity (Wildman–Crippen MR) is 85.2 cm³/mol. The molecule has 0 N–H and O–H groups in total. The van der Waals surface area contributed by atoms with Crippen LogP contribution in [0.1, 0.15) is 46.7 Å². The Kier molecular flexibility index (Phi) is 4.05. The number of oxazole rings is 2. The summed E-state index contributed by atoms with van der Waals surface area (Å²) in [7, 11) is 0. The van der Waals surface area contributed by atoms with E-state index in [0.29, 0.717) is 24.6 Å². The lowest BCUT2D eigenvalue weighted by Gasteiger charge is -2.20. The minimum atomic E-state index is -0.281. The number of carbonyl (C=O) groups excluding carboxylic acids is 1. The van der Waals surface area contributed by atoms with Gasteiger partial charge in [-0.1, -0.05) is 12.1 Å². The van der Waals surface area contributed by atoms with E-state index in [9.17, 15) is 9.18 Å². The zero-order valence-electron chi connectivity index (χ0n) is 13.4. The van der Waals surface area contributed by atoms with Crippen molar-refractivity contribution >= 4 is 5.91 Å². The van der Waals surface area contributed by atoms with Crippen LogP contribution in [0.4, 0.5) is 4.39 Å². The second-order valence-electron chi connectivity index (χ2n) is 5.99. The lowest BCUT2D eigenvalue weighted by Crippen LogP contribution is -2.30. The molecule has 1 fully saturated rings. The summed E-state index contributed by atoms with van der Waals surface area (Å²) in [6, 6.07) is 6.15. The van der Waals surface area contributed by atoms with Crippen LogP contribution in [-0.2, 0) is 6.42 Å². The Morgan fingerprint density at radius 1 is 1.36 bits per heavy atom. The number of amides is 1. The maximum atomic E-state index is 13.3. The Bertz CT molecular complexity index is 875. The molecule has 2 aromatic heterocycles. The largest absolute Gasteiger partial charge is 0.443 e. The summed E-state index contributed by atoms with van der Waals surface area (Å²) in [6.07, 6.45) is 6.37. The number of hydrogen-bond acceptors (Lipinski definition) is 5. The standard InChI is InChI=1S/C18H16FN3O3/c19-13-4-1-3-12(7-13)8-14-9-21-17(25-14)15-5-2-6-22(15)18(23)16-10-20-11-24-16/h1,3-4,7,9-11,15H,2,5-6,8H2. The maximum Gasteiger partial charge on any atom is 0.291 e. The van der Waals surface area contributed by atoms with Gasteiger partial charge in [0, 0.05) is 13.0 Å². The van der Waals surface area contributed by atoms with Gasteiger partial charge >= 0.3 is 0 Å². The first-order chi connectivity index (χ1) is 12.2. The van der Waals surface area contributed by atoms with Crippen molar-refractivity contribution < 1.29 is 18.0 Å². The molecule has 3 heterocycles. The van der Waals surface area contributed by atoms with Gasteiger partial charge in [0.1, 0.15) is 17.6 Å². The van der Waals surface area contributed by atoms with Crippen molar-refractivity contribution in [1.29, 1.82) is 0 Å². The third kappa shape index (κ3) is 3.17. The van der Waals surface area contributed by atoms with E-state index < -0.39 is 0 Å². The van der Waals surface area contributed by atoms with Gasteiger partial charge in [0.2, 0.25) is 11.7 Å². The van der Waals surface area contributed by atoms with Crippen LogP contribution in [-0.4, -0.2) is 27.3 Å². The molecular weight excluding hydrogens is 325 g/mol. The third-order valence-corrected chi connectivity index (χ3v) is 4.28. The molecule has 1 atom stereocenters. The average Bonchev–Trinajstić information content (AvgIpc) is 3.35. The van der Waals surface area contributed by atoms with Crippen molar-refractivity contribution in [2.24, 2.45) is 0 Å². The van der Waals surface area contributed by atoms with E-state index in [1.807, 2.05) is 6.07 Å². The predicted octanol–water partition coefficient (Wildman–Crippen LogP) is 3.37. The fraction of sp³-hybridized carbons (Fsp3) is 0.278. The van der Waals surface area contributed by atoms with Crippen molar-refractivity contribution in [3.05, 3.63) is 71.8 Å². The van der Waals surface area contributed by atoms with E-state index in [1.54, 1.807) is 17.2 Å². The molecule has 3 aromatic rings. The lowest BCUT2D eigenvalue weighted by atomic mass is 10.1. The molecule has 0 radical (unpaired) electrons. The minimum Gasteiger partial charge on any atom is -0.443 e. The Morgan fingerprint density at radius 2 is 2.28 bits per heavy atom. The maximum absolute atomic E-state index is 13.3. The second-order valence-corrected chi connectivity index (χ2v) is 5.99. The molecule has 1 aromatic carbocycles. The van der Waals surface area contributed by atoms with Crippen LogP contribution >= 0.6 is 0 Å². The van der Waals surface area contributed by atoms with Gasteiger partial charge in [0.25, 0.3) is 5.91 Å². The van der Waals surface area contributed by atoms with Gasteiger partial charge in [-0.15, -0.1) is 0 Å². The summed E-state index contributed by atoms with van der Waals surface area (Å²) in [6.45, 7) is 0.617. The van der Waals surface area contributed by atoms with Crippen LogP contribution in [0.25, 0.3) is 0 Å². The van der Waals surface area contributed by atoms with Crippen LogP contribution in [0.5, 0.6) is 0 Å². The quantitative estimate of drug-likeness (QED) is 0.727. The number of hydrogen-bond donors (Lipinski definition) is 0. The van der Waals surface area contributed by atoms with Gasteiger partial charge in [-0.3, -0.25) is 4.79 Å². The Labute approximate surface area is 143 Å². The highest BCUT2D eigenvalue weighted by Crippen LogP contribution is 2.33. The van der Waals surface area contributed by atoms with Crippen molar-refractivity contribution in [2.75, 3.05) is 6.54 Å². The number of benzene rings is 1. The fourth-order valence-electron chi connectivity index (χ4n) is 3.14. The number of likely N-dealkylation sites (tertiary alicyclic amines) is 1. The highest BCUT2D eigenvalue weighted by Gasteiger charge is 2.35. The van der Waals surface area contributed by atoms with E-state index in [4.69, 9.17) is 8.83 Å². The van der Waals surface area contributed by atoms with Gasteiger partial charge in [0.05, 0.1) is 12.4 Å². The normalized spacial score (nSPS) is 17.2. The summed E-state index contributed by atoms with van der Waals surface area (Å²) in [4.78, 5) is 22.3. The van der Waals surface area contributed by atoms with Gasteiger partial charge in [-0.25, -0.2) is 14.4 Å². The summed E-state index contributed by atoms with van der Waals surface area (Å²) in [5.41, 5.74) is 0.809. The molecule has 1 unspecified atom stereocenters. The van der Waals surface area contributed by atoms with Crippen LogP contribution in [0, 0.1) is 5.82 Å². The molecule has 1 aliphatic rings. The molecule has 0 aliphatic carbocycles. The number of nitrogens with zero attached hydrogens (tertiary/aromatic N) is 3. The molecule has 128 valence electrons. The van der Waals surface area contributed by atoms with Crippen LogP contribution in [0.3, 0.4) is 0 Å². The number of carbonyl (C=O) groups is 1. The summed E-state index contributed by atoms with van der Waals surface area (Å²) >= 11 is 0. The van der Waals surface area contributed by atoms with Crippen LogP contribution in [0.15, 0.2) is 51.9 Å². The summed E-state index contributed by atoms with van der Waals surface area (Å²) in [5, 5.41) is 0. The molecule has 7 heteroatoms. The van der Waals surface area contributed by atoms with Crippen molar-refractivity contribution in [3.63, 3.8) is 0 Å². The SMILES string of the molecule is O=C(c1cnco1)N1CCCC1c1ncc(Cc2cccc(F)c2)o1. The number of halogens is 1. The molecule has 1 amide bonds. The Hall–Kier alpha value is -2.96. The van der Waals surface area contributed by atoms with Gasteiger partial charge in [-0.2, -0.15) is 0 Å². The van der Waals surface area contributed by atoms with Crippen LogP contribution < -0.4 is 0 Å². The van der Waals surface area contributed by atoms with E-state index >= 15 is 0 Å². The Balaban J connectivity index is 1.52. The van der Waals surface area contributed by atoms with E-state index in [1.165, 1.54) is 24.7 Å². The summed E-state index contributed by atoms with van der Waals surface area (Å²) < 4.78 is 24.2. The first-order valence-corrected chi connectivity index (χ1v) is 8.09. The molecule has 0 saturated carbocycles. The van der Waals surface area contributed by atoms with Crippen molar-refractivity contribution in [1.82, 2.24) is 14.9 Å². The highest BCUT2D eigenvalue weighted by molar-refractivity contribution is 5.91. The Morgan fingerprint density at radius 3 is 3.08 bits per heavy atom. The smallest absolute Gasteiger partial charge is 0.291 e. The van der Waals surface area contributed by atoms with Gasteiger partial charge < -0.3 is 13.7 Å². The topological polar surface area (TPSA) is 72.4 Å². The minimum absolute atomic E-state index is 0.207. The first kappa shape index (κ1) is 15.6. The first-order valence-electron chi connectivity index (χ1n) is 8.09. The van der Waals surface area contributed by atoms with Crippen molar-refractivity contribution in [2.45, 2.75) is 25.3 Å². The fourth-order valence-corrected chi connectivity index (χ4v) is 3.14. The number of aromatic nitrogens is 2. The van der Waals surface area contributed by atoms with Gasteiger partial charge in [0.15, 0.2) is 6.39 Å². The molecule has 0 bridgehead atoms. The highest BCUT2D eigenvalue weighted by atomic mass is 19.1. The monoisotopic (exact) mass is 341 g/mol. The van der Waals surface area contributed by atoms with E-state index in [-0.39, 0.29) is 23.5 Å². The molecular formula is C18H16FN3O3. The van der Waals surface area contributed by atoms with Gasteiger partial charge in [-0.05, 0) is 30.5 Å². The molecule has 1 aliphatic heterocycles. The van der Waals surface area contributed by atoms with E-state index in [2.05, 4.69) is 9.97 Å². The molecule has 1 saturated heterocycles. The molecule has 0 spiro atoms. The zero-order chi connectivity index (χ0) is 17.2. The van der Waals surface area contributed by atoms with Crippen molar-refractivity contribution in [3.8, 4) is 0 Å². The number of rotatable bonds is 4. The molecule has 25 heavy (non-hydrogen) atoms. The lowest BCUT2D eigenvalue weighted by molar-refractivity contribution is 0.0682. The van der Waals surface area contributed by atoms with E-state index in [0.717, 1.165) is 18.4 Å². The molecule has 6 nitrogen and oxygen atoms in total. The third-order valence-electron chi connectivity index (χ3n) is 4.28. The van der Waals surface area contributed by atoms with Crippen LogP contribution in [0.2, 0.25) is 0 Å². The summed E-state index contributed by atoms with van der Waals surface area (Å²) in [5.74, 6) is 0.844. The second kappa shape index (κ2) is 6.51. The molecule has 4 rings (SSSR count). The average molecular weight is 341 g/mol. The zero-order valence-corrected chi connectivity index (χ0v) is 13.4.